The number of Topliss-reactive ketones (excluding diaryl/α,β-unsaturated/α-hetero) is 1. The van der Waals surface area contributed by atoms with E-state index in [1.54, 1.807) is 12.1 Å². The zero-order valence-electron chi connectivity index (χ0n) is 14.1. The van der Waals surface area contributed by atoms with Crippen molar-refractivity contribution in [3.05, 3.63) is 63.2 Å². The minimum atomic E-state index is -0.750. The molecule has 134 valence electrons. The lowest BCUT2D eigenvalue weighted by atomic mass is 9.97. The summed E-state index contributed by atoms with van der Waals surface area (Å²) in [4.78, 5) is 34.8. The average molecular weight is 357 g/mol. The van der Waals surface area contributed by atoms with Gasteiger partial charge in [0.15, 0.2) is 17.3 Å². The SMILES string of the molecule is COc1ccc2c(c1OC)C(=O)O[C@@H]2CC(=O)c1ccc([N+](=O)[O-])cc1. The molecule has 0 spiro atoms. The van der Waals surface area contributed by atoms with Crippen LogP contribution >= 0.6 is 0 Å². The molecule has 0 aromatic heterocycles. The first-order valence-electron chi connectivity index (χ1n) is 7.69. The summed E-state index contributed by atoms with van der Waals surface area (Å²) in [7, 11) is 2.88. The van der Waals surface area contributed by atoms with Gasteiger partial charge in [0.2, 0.25) is 0 Å². The molecule has 0 saturated heterocycles. The van der Waals surface area contributed by atoms with Crippen molar-refractivity contribution in [3.8, 4) is 11.5 Å². The molecule has 0 aliphatic carbocycles. The first-order valence-corrected chi connectivity index (χ1v) is 7.69. The van der Waals surface area contributed by atoms with Crippen LogP contribution in [0.25, 0.3) is 0 Å². The zero-order chi connectivity index (χ0) is 18.8. The van der Waals surface area contributed by atoms with E-state index in [2.05, 4.69) is 0 Å². The third kappa shape index (κ3) is 2.97. The van der Waals surface area contributed by atoms with Gasteiger partial charge in [-0.25, -0.2) is 4.79 Å². The van der Waals surface area contributed by atoms with Crippen LogP contribution in [0.5, 0.6) is 11.5 Å². The number of non-ortho nitro benzene ring substituents is 1. The third-order valence-electron chi connectivity index (χ3n) is 4.15. The van der Waals surface area contributed by atoms with Gasteiger partial charge in [-0.15, -0.1) is 0 Å². The largest absolute Gasteiger partial charge is 0.493 e. The summed E-state index contributed by atoms with van der Waals surface area (Å²) >= 11 is 0. The summed E-state index contributed by atoms with van der Waals surface area (Å²) in [6, 6.07) is 8.59. The van der Waals surface area contributed by atoms with E-state index < -0.39 is 17.0 Å². The number of hydrogen-bond acceptors (Lipinski definition) is 7. The van der Waals surface area contributed by atoms with Gasteiger partial charge >= 0.3 is 5.97 Å². The summed E-state index contributed by atoms with van der Waals surface area (Å²) in [5.74, 6) is -0.219. The van der Waals surface area contributed by atoms with Crippen LogP contribution in [0.15, 0.2) is 36.4 Å². The molecule has 1 aliphatic rings. The lowest BCUT2D eigenvalue weighted by Crippen LogP contribution is -2.07. The Hall–Kier alpha value is -3.42. The lowest BCUT2D eigenvalue weighted by Gasteiger charge is -2.12. The number of cyclic esters (lactones) is 1. The van der Waals surface area contributed by atoms with Crippen molar-refractivity contribution >= 4 is 17.4 Å². The summed E-state index contributed by atoms with van der Waals surface area (Å²) in [6.07, 6.45) is -0.827. The number of esters is 1. The molecule has 2 aromatic carbocycles. The summed E-state index contributed by atoms with van der Waals surface area (Å²) in [5, 5.41) is 10.7. The number of benzene rings is 2. The Balaban J connectivity index is 1.86. The van der Waals surface area contributed by atoms with E-state index in [1.165, 1.54) is 38.5 Å². The summed E-state index contributed by atoms with van der Waals surface area (Å²) < 4.78 is 15.7. The van der Waals surface area contributed by atoms with Crippen molar-refractivity contribution < 1.29 is 28.7 Å². The molecule has 0 radical (unpaired) electrons. The molecule has 2 aromatic rings. The monoisotopic (exact) mass is 357 g/mol. The first kappa shape index (κ1) is 17.4. The first-order chi connectivity index (χ1) is 12.5. The lowest BCUT2D eigenvalue weighted by molar-refractivity contribution is -0.384. The Morgan fingerprint density at radius 2 is 1.85 bits per heavy atom. The second kappa shape index (κ2) is 6.83. The van der Waals surface area contributed by atoms with E-state index in [4.69, 9.17) is 14.2 Å². The van der Waals surface area contributed by atoms with Gasteiger partial charge in [-0.2, -0.15) is 0 Å². The normalized spacial score (nSPS) is 15.2. The topological polar surface area (TPSA) is 105 Å². The van der Waals surface area contributed by atoms with Crippen LogP contribution in [0.4, 0.5) is 5.69 Å². The molecular weight excluding hydrogens is 342 g/mol. The van der Waals surface area contributed by atoms with Gasteiger partial charge in [-0.05, 0) is 18.2 Å². The maximum absolute atomic E-state index is 12.5. The summed E-state index contributed by atoms with van der Waals surface area (Å²) in [5.41, 5.74) is 0.993. The zero-order valence-corrected chi connectivity index (χ0v) is 14.1. The average Bonchev–Trinajstić information content (AvgIpc) is 2.96. The van der Waals surface area contributed by atoms with Gasteiger partial charge in [-0.1, -0.05) is 6.07 Å². The molecule has 26 heavy (non-hydrogen) atoms. The Labute approximate surface area is 148 Å². The minimum Gasteiger partial charge on any atom is -0.493 e. The van der Waals surface area contributed by atoms with Gasteiger partial charge in [0.25, 0.3) is 5.69 Å². The van der Waals surface area contributed by atoms with Crippen LogP contribution < -0.4 is 9.47 Å². The molecule has 0 N–H and O–H groups in total. The van der Waals surface area contributed by atoms with E-state index in [0.717, 1.165) is 0 Å². The highest BCUT2D eigenvalue weighted by Gasteiger charge is 2.37. The number of nitro benzene ring substituents is 1. The Bertz CT molecular complexity index is 889. The molecule has 0 unspecified atom stereocenters. The number of rotatable bonds is 6. The predicted molar refractivity (Wildman–Crippen MR) is 89.7 cm³/mol. The van der Waals surface area contributed by atoms with Crippen molar-refractivity contribution in [1.29, 1.82) is 0 Å². The van der Waals surface area contributed by atoms with Gasteiger partial charge < -0.3 is 14.2 Å². The fourth-order valence-electron chi connectivity index (χ4n) is 2.88. The third-order valence-corrected chi connectivity index (χ3v) is 4.15. The van der Waals surface area contributed by atoms with Crippen LogP contribution in [0.2, 0.25) is 0 Å². The smallest absolute Gasteiger partial charge is 0.343 e. The highest BCUT2D eigenvalue weighted by atomic mass is 16.6. The van der Waals surface area contributed by atoms with Crippen molar-refractivity contribution in [1.82, 2.24) is 0 Å². The van der Waals surface area contributed by atoms with Crippen LogP contribution in [0.1, 0.15) is 38.8 Å². The molecule has 0 amide bonds. The standard InChI is InChI=1S/C18H15NO7/c1-24-14-8-7-12-15(26-18(21)16(12)17(14)25-2)9-13(20)10-3-5-11(6-4-10)19(22)23/h3-8,15H,9H2,1-2H3/t15-/m1/s1. The molecule has 0 saturated carbocycles. The highest BCUT2D eigenvalue weighted by Crippen LogP contribution is 2.43. The van der Waals surface area contributed by atoms with E-state index >= 15 is 0 Å². The number of ketones is 1. The quantitative estimate of drug-likeness (QED) is 0.338. The van der Waals surface area contributed by atoms with Gasteiger partial charge in [0.05, 0.1) is 25.6 Å². The molecule has 0 fully saturated rings. The van der Waals surface area contributed by atoms with Crippen molar-refractivity contribution in [2.75, 3.05) is 14.2 Å². The molecule has 8 heteroatoms. The molecule has 1 heterocycles. The fraction of sp³-hybridized carbons (Fsp3) is 0.222. The van der Waals surface area contributed by atoms with Gasteiger partial charge in [0.1, 0.15) is 11.7 Å². The van der Waals surface area contributed by atoms with E-state index in [0.29, 0.717) is 16.9 Å². The Morgan fingerprint density at radius 3 is 2.42 bits per heavy atom. The van der Waals surface area contributed by atoms with Crippen molar-refractivity contribution in [3.63, 3.8) is 0 Å². The molecule has 1 atom stereocenters. The second-order valence-corrected chi connectivity index (χ2v) is 5.59. The number of hydrogen-bond donors (Lipinski definition) is 0. The maximum atomic E-state index is 12.5. The number of methoxy groups -OCH3 is 2. The predicted octanol–water partition coefficient (Wildman–Crippen LogP) is 3.10. The number of ether oxygens (including phenoxy) is 3. The van der Waals surface area contributed by atoms with Crippen LogP contribution in [0, 0.1) is 10.1 Å². The molecule has 1 aliphatic heterocycles. The van der Waals surface area contributed by atoms with E-state index in [9.17, 15) is 19.7 Å². The minimum absolute atomic E-state index is 0.0773. The molecule has 8 nitrogen and oxygen atoms in total. The number of carbonyl (C=O) groups excluding carboxylic acids is 2. The molecule has 0 bridgehead atoms. The number of nitrogens with zero attached hydrogens (tertiary/aromatic N) is 1. The number of fused-ring (bicyclic) bond motifs is 1. The van der Waals surface area contributed by atoms with Gasteiger partial charge in [0, 0.05) is 23.3 Å². The van der Waals surface area contributed by atoms with Gasteiger partial charge in [-0.3, -0.25) is 14.9 Å². The van der Waals surface area contributed by atoms with E-state index in [-0.39, 0.29) is 29.2 Å². The number of carbonyl (C=O) groups is 2. The Kier molecular flexibility index (Phi) is 4.57. The summed E-state index contributed by atoms with van der Waals surface area (Å²) in [6.45, 7) is 0. The van der Waals surface area contributed by atoms with Crippen LogP contribution in [-0.2, 0) is 4.74 Å². The highest BCUT2D eigenvalue weighted by molar-refractivity contribution is 6.01. The van der Waals surface area contributed by atoms with Crippen molar-refractivity contribution in [2.45, 2.75) is 12.5 Å². The molecular formula is C18H15NO7. The fourth-order valence-corrected chi connectivity index (χ4v) is 2.88. The maximum Gasteiger partial charge on any atom is 0.343 e. The van der Waals surface area contributed by atoms with Crippen LogP contribution in [-0.4, -0.2) is 30.9 Å². The second-order valence-electron chi connectivity index (χ2n) is 5.59. The molecule has 3 rings (SSSR count). The van der Waals surface area contributed by atoms with Crippen molar-refractivity contribution in [2.24, 2.45) is 0 Å². The number of nitro groups is 1. The van der Waals surface area contributed by atoms with E-state index in [1.807, 2.05) is 0 Å². The Morgan fingerprint density at radius 1 is 1.15 bits per heavy atom. The van der Waals surface area contributed by atoms with Crippen LogP contribution in [0.3, 0.4) is 0 Å².